The molecule has 1 aromatic heterocycles. The summed E-state index contributed by atoms with van der Waals surface area (Å²) in [7, 11) is 0. The molecule has 1 N–H and O–H groups in total. The van der Waals surface area contributed by atoms with E-state index in [1.54, 1.807) is 6.26 Å². The van der Waals surface area contributed by atoms with E-state index in [0.717, 1.165) is 45.0 Å². The Morgan fingerprint density at radius 3 is 2.81 bits per heavy atom. The van der Waals surface area contributed by atoms with Gasteiger partial charge in [-0.15, -0.1) is 0 Å². The second-order valence-electron chi connectivity index (χ2n) is 4.25. The smallest absolute Gasteiger partial charge is 0.104 e. The van der Waals surface area contributed by atoms with Gasteiger partial charge in [0.2, 0.25) is 0 Å². The first-order chi connectivity index (χ1) is 7.88. The number of morpholine rings is 1. The molecule has 0 saturated carbocycles. The minimum atomic E-state index is 0.206. The van der Waals surface area contributed by atoms with Crippen LogP contribution in [0.2, 0.25) is 0 Å². The molecule has 1 fully saturated rings. The molecule has 2 rings (SSSR count). The van der Waals surface area contributed by atoms with Crippen LogP contribution in [0.3, 0.4) is 0 Å². The lowest BCUT2D eigenvalue weighted by Gasteiger charge is -2.29. The zero-order chi connectivity index (χ0) is 11.2. The number of aliphatic hydroxyl groups is 1. The summed E-state index contributed by atoms with van der Waals surface area (Å²) in [5, 5.41) is 9.36. The highest BCUT2D eigenvalue weighted by molar-refractivity contribution is 4.99. The molecule has 1 aromatic rings. The second-order valence-corrected chi connectivity index (χ2v) is 4.25. The molecule has 0 spiro atoms. The van der Waals surface area contributed by atoms with Crippen molar-refractivity contribution in [1.82, 2.24) is 4.90 Å². The molecule has 1 unspecified atom stereocenters. The fourth-order valence-electron chi connectivity index (χ4n) is 2.05. The highest BCUT2D eigenvalue weighted by Gasteiger charge is 2.17. The van der Waals surface area contributed by atoms with Gasteiger partial charge in [0.25, 0.3) is 0 Å². The molecule has 4 heteroatoms. The second kappa shape index (κ2) is 6.03. The van der Waals surface area contributed by atoms with Gasteiger partial charge >= 0.3 is 0 Å². The number of furan rings is 1. The Labute approximate surface area is 95.8 Å². The summed E-state index contributed by atoms with van der Waals surface area (Å²) in [6.45, 7) is 4.67. The minimum Gasteiger partial charge on any atom is -0.469 e. The summed E-state index contributed by atoms with van der Waals surface area (Å²) < 4.78 is 10.6. The normalized spacial score (nSPS) is 19.8. The van der Waals surface area contributed by atoms with Crippen molar-refractivity contribution in [2.24, 2.45) is 5.92 Å². The van der Waals surface area contributed by atoms with Crippen molar-refractivity contribution in [3.8, 4) is 0 Å². The van der Waals surface area contributed by atoms with Crippen molar-refractivity contribution in [2.75, 3.05) is 39.5 Å². The van der Waals surface area contributed by atoms with Crippen LogP contribution >= 0.6 is 0 Å². The fourth-order valence-corrected chi connectivity index (χ4v) is 2.05. The summed E-state index contributed by atoms with van der Waals surface area (Å²) in [6, 6.07) is 3.85. The van der Waals surface area contributed by atoms with Gasteiger partial charge in [-0.05, 0) is 12.1 Å². The van der Waals surface area contributed by atoms with Gasteiger partial charge in [-0.25, -0.2) is 0 Å². The van der Waals surface area contributed by atoms with Crippen LogP contribution in [0, 0.1) is 5.92 Å². The molecule has 0 bridgehead atoms. The van der Waals surface area contributed by atoms with Crippen molar-refractivity contribution >= 4 is 0 Å². The maximum absolute atomic E-state index is 9.36. The molecule has 0 aliphatic carbocycles. The minimum absolute atomic E-state index is 0.206. The van der Waals surface area contributed by atoms with Crippen molar-refractivity contribution in [3.05, 3.63) is 24.2 Å². The molecular weight excluding hydrogens is 206 g/mol. The van der Waals surface area contributed by atoms with Gasteiger partial charge in [0.1, 0.15) is 5.76 Å². The average Bonchev–Trinajstić information content (AvgIpc) is 2.82. The molecule has 4 nitrogen and oxygen atoms in total. The third kappa shape index (κ3) is 3.33. The van der Waals surface area contributed by atoms with E-state index in [1.807, 2.05) is 12.1 Å². The number of hydrogen-bond acceptors (Lipinski definition) is 4. The maximum atomic E-state index is 9.36. The van der Waals surface area contributed by atoms with Crippen molar-refractivity contribution in [1.29, 1.82) is 0 Å². The van der Waals surface area contributed by atoms with Crippen LogP contribution in [0.25, 0.3) is 0 Å². The molecule has 2 heterocycles. The van der Waals surface area contributed by atoms with Crippen LogP contribution < -0.4 is 0 Å². The molecule has 1 aliphatic heterocycles. The van der Waals surface area contributed by atoms with E-state index in [4.69, 9.17) is 9.15 Å². The molecule has 90 valence electrons. The number of hydrogen-bond donors (Lipinski definition) is 1. The van der Waals surface area contributed by atoms with E-state index in [9.17, 15) is 5.11 Å². The van der Waals surface area contributed by atoms with Crippen molar-refractivity contribution < 1.29 is 14.3 Å². The fraction of sp³-hybridized carbons (Fsp3) is 0.667. The van der Waals surface area contributed by atoms with Crippen LogP contribution in [0.1, 0.15) is 5.76 Å². The Hall–Kier alpha value is -0.840. The number of rotatable bonds is 5. The van der Waals surface area contributed by atoms with Gasteiger partial charge in [-0.2, -0.15) is 0 Å². The van der Waals surface area contributed by atoms with Crippen LogP contribution in [0.15, 0.2) is 22.8 Å². The Morgan fingerprint density at radius 2 is 2.19 bits per heavy atom. The van der Waals surface area contributed by atoms with E-state index < -0.39 is 0 Å². The average molecular weight is 225 g/mol. The monoisotopic (exact) mass is 225 g/mol. The summed E-state index contributed by atoms with van der Waals surface area (Å²) in [4.78, 5) is 2.34. The molecule has 1 aliphatic rings. The van der Waals surface area contributed by atoms with E-state index in [1.165, 1.54) is 0 Å². The van der Waals surface area contributed by atoms with E-state index in [2.05, 4.69) is 4.90 Å². The predicted octanol–water partition coefficient (Wildman–Crippen LogP) is 0.763. The maximum Gasteiger partial charge on any atom is 0.104 e. The summed E-state index contributed by atoms with van der Waals surface area (Å²) in [5.41, 5.74) is 0. The SMILES string of the molecule is OCC(Cc1ccco1)CN1CCOCC1. The molecule has 0 radical (unpaired) electrons. The van der Waals surface area contributed by atoms with Crippen LogP contribution in [0.5, 0.6) is 0 Å². The first kappa shape index (κ1) is 11.6. The molecule has 0 amide bonds. The quantitative estimate of drug-likeness (QED) is 0.803. The van der Waals surface area contributed by atoms with Gasteiger partial charge in [-0.1, -0.05) is 0 Å². The largest absolute Gasteiger partial charge is 0.469 e. The van der Waals surface area contributed by atoms with E-state index in [0.29, 0.717) is 0 Å². The summed E-state index contributed by atoms with van der Waals surface area (Å²) in [5.74, 6) is 1.21. The molecule has 1 saturated heterocycles. The van der Waals surface area contributed by atoms with Gasteiger partial charge in [0.15, 0.2) is 0 Å². The molecule has 0 aromatic carbocycles. The van der Waals surface area contributed by atoms with Gasteiger partial charge in [0.05, 0.1) is 19.5 Å². The van der Waals surface area contributed by atoms with Gasteiger partial charge in [0, 0.05) is 38.6 Å². The topological polar surface area (TPSA) is 45.8 Å². The van der Waals surface area contributed by atoms with Crippen LogP contribution in [-0.4, -0.2) is 49.5 Å². The third-order valence-corrected chi connectivity index (χ3v) is 2.95. The highest BCUT2D eigenvalue weighted by Crippen LogP contribution is 2.11. The van der Waals surface area contributed by atoms with Crippen LogP contribution in [0.4, 0.5) is 0 Å². The van der Waals surface area contributed by atoms with E-state index in [-0.39, 0.29) is 12.5 Å². The van der Waals surface area contributed by atoms with Crippen LogP contribution in [-0.2, 0) is 11.2 Å². The predicted molar refractivity (Wildman–Crippen MR) is 60.2 cm³/mol. The molecular formula is C12H19NO3. The Balaban J connectivity index is 1.80. The first-order valence-electron chi connectivity index (χ1n) is 5.82. The van der Waals surface area contributed by atoms with Crippen molar-refractivity contribution in [3.63, 3.8) is 0 Å². The van der Waals surface area contributed by atoms with Crippen molar-refractivity contribution in [2.45, 2.75) is 6.42 Å². The van der Waals surface area contributed by atoms with Gasteiger partial charge in [-0.3, -0.25) is 4.90 Å². The Bertz CT molecular complexity index is 280. The summed E-state index contributed by atoms with van der Waals surface area (Å²) in [6.07, 6.45) is 2.49. The number of nitrogens with zero attached hydrogens (tertiary/aromatic N) is 1. The molecule has 16 heavy (non-hydrogen) atoms. The molecule has 1 atom stereocenters. The lowest BCUT2D eigenvalue weighted by Crippen LogP contribution is -2.40. The Morgan fingerprint density at radius 1 is 1.38 bits per heavy atom. The third-order valence-electron chi connectivity index (χ3n) is 2.95. The highest BCUT2D eigenvalue weighted by atomic mass is 16.5. The van der Waals surface area contributed by atoms with Gasteiger partial charge < -0.3 is 14.3 Å². The zero-order valence-corrected chi connectivity index (χ0v) is 9.47. The first-order valence-corrected chi connectivity index (χ1v) is 5.82. The Kier molecular flexibility index (Phi) is 4.39. The lowest BCUT2D eigenvalue weighted by molar-refractivity contribution is 0.0251. The zero-order valence-electron chi connectivity index (χ0n) is 9.47. The number of aliphatic hydroxyl groups excluding tert-OH is 1. The summed E-state index contributed by atoms with van der Waals surface area (Å²) >= 11 is 0. The van der Waals surface area contributed by atoms with E-state index >= 15 is 0 Å². The lowest BCUT2D eigenvalue weighted by atomic mass is 10.0. The number of ether oxygens (including phenoxy) is 1. The standard InChI is InChI=1S/C12H19NO3/c14-10-11(8-12-2-1-5-16-12)9-13-3-6-15-7-4-13/h1-2,5,11,14H,3-4,6-10H2.